The van der Waals surface area contributed by atoms with Crippen molar-refractivity contribution in [2.45, 2.75) is 30.2 Å². The molecule has 0 amide bonds. The van der Waals surface area contributed by atoms with E-state index in [1.165, 1.54) is 0 Å². The molecule has 0 bridgehead atoms. The van der Waals surface area contributed by atoms with Crippen LogP contribution in [0, 0.1) is 6.92 Å². The van der Waals surface area contributed by atoms with Gasteiger partial charge in [0, 0.05) is 6.20 Å². The summed E-state index contributed by atoms with van der Waals surface area (Å²) in [7, 11) is -3.41. The fraction of sp³-hybridized carbons (Fsp3) is 0.231. The molecule has 2 rings (SSSR count). The van der Waals surface area contributed by atoms with Gasteiger partial charge in [0.15, 0.2) is 0 Å². The normalized spacial score (nSPS) is 11.6. The predicted molar refractivity (Wildman–Crippen MR) is 66.8 cm³/mol. The van der Waals surface area contributed by atoms with Gasteiger partial charge in [0.05, 0.1) is 4.90 Å². The van der Waals surface area contributed by atoms with E-state index in [-0.39, 0.29) is 0 Å². The lowest BCUT2D eigenvalue weighted by Gasteiger charge is -2.04. The molecule has 1 heterocycles. The first-order valence-electron chi connectivity index (χ1n) is 5.54. The molecule has 0 aliphatic heterocycles. The molecule has 90 valence electrons. The first-order chi connectivity index (χ1) is 8.07. The Morgan fingerprint density at radius 3 is 2.35 bits per heavy atom. The van der Waals surface area contributed by atoms with Crippen molar-refractivity contribution in [3.63, 3.8) is 0 Å². The van der Waals surface area contributed by atoms with Gasteiger partial charge < -0.3 is 4.98 Å². The van der Waals surface area contributed by atoms with Crippen LogP contribution in [0.4, 0.5) is 0 Å². The Bertz CT molecular complexity index is 612. The molecule has 3 nitrogen and oxygen atoms in total. The van der Waals surface area contributed by atoms with E-state index in [0.29, 0.717) is 9.92 Å². The van der Waals surface area contributed by atoms with Crippen LogP contribution in [0.5, 0.6) is 0 Å². The van der Waals surface area contributed by atoms with Gasteiger partial charge in [-0.15, -0.1) is 0 Å². The minimum Gasteiger partial charge on any atom is -0.352 e. The Hall–Kier alpha value is -1.55. The zero-order valence-corrected chi connectivity index (χ0v) is 10.7. The molecule has 0 atom stereocenters. The van der Waals surface area contributed by atoms with Crippen molar-refractivity contribution in [1.29, 1.82) is 0 Å². The second-order valence-electron chi connectivity index (χ2n) is 3.94. The summed E-state index contributed by atoms with van der Waals surface area (Å²) < 4.78 is 24.7. The quantitative estimate of drug-likeness (QED) is 0.909. The second kappa shape index (κ2) is 4.37. The summed E-state index contributed by atoms with van der Waals surface area (Å²) in [6.45, 7) is 3.85. The number of benzene rings is 1. The minimum absolute atomic E-state index is 0.306. The summed E-state index contributed by atoms with van der Waals surface area (Å²) in [4.78, 5) is 3.20. The molecular weight excluding hydrogens is 234 g/mol. The van der Waals surface area contributed by atoms with Crippen molar-refractivity contribution < 1.29 is 8.42 Å². The standard InChI is InChI=1S/C13H15NO2S/c1-3-11-9-14-13(10(11)2)17(15,16)12-7-5-4-6-8-12/h4-9,14H,3H2,1-2H3. The number of rotatable bonds is 3. The topological polar surface area (TPSA) is 49.9 Å². The molecule has 4 heteroatoms. The predicted octanol–water partition coefficient (Wildman–Crippen LogP) is 2.72. The highest BCUT2D eigenvalue weighted by molar-refractivity contribution is 7.91. The summed E-state index contributed by atoms with van der Waals surface area (Å²) in [5.41, 5.74) is 1.86. The fourth-order valence-electron chi connectivity index (χ4n) is 1.88. The average Bonchev–Trinajstić information content (AvgIpc) is 2.72. The maximum Gasteiger partial charge on any atom is 0.222 e. The number of aryl methyl sites for hydroxylation is 1. The van der Waals surface area contributed by atoms with Crippen molar-refractivity contribution in [2.75, 3.05) is 0 Å². The van der Waals surface area contributed by atoms with Crippen molar-refractivity contribution in [3.8, 4) is 0 Å². The number of aromatic nitrogens is 1. The first kappa shape index (κ1) is 11.9. The van der Waals surface area contributed by atoms with Crippen LogP contribution in [0.25, 0.3) is 0 Å². The van der Waals surface area contributed by atoms with E-state index in [2.05, 4.69) is 4.98 Å². The van der Waals surface area contributed by atoms with E-state index in [4.69, 9.17) is 0 Å². The number of H-pyrrole nitrogens is 1. The molecule has 0 radical (unpaired) electrons. The minimum atomic E-state index is -3.41. The molecule has 0 unspecified atom stereocenters. The Labute approximate surface area is 101 Å². The molecule has 1 N–H and O–H groups in total. The van der Waals surface area contributed by atoms with Gasteiger partial charge in [-0.2, -0.15) is 0 Å². The van der Waals surface area contributed by atoms with Crippen LogP contribution in [0.15, 0.2) is 46.5 Å². The van der Waals surface area contributed by atoms with E-state index >= 15 is 0 Å². The number of sulfone groups is 1. The number of aromatic amines is 1. The van der Waals surface area contributed by atoms with Crippen molar-refractivity contribution in [3.05, 3.63) is 47.7 Å². The Morgan fingerprint density at radius 1 is 1.18 bits per heavy atom. The maximum atomic E-state index is 12.4. The third-order valence-corrected chi connectivity index (χ3v) is 4.76. The van der Waals surface area contributed by atoms with E-state index < -0.39 is 9.84 Å². The molecule has 2 aromatic rings. The summed E-state index contributed by atoms with van der Waals surface area (Å²) in [6.07, 6.45) is 2.60. The Balaban J connectivity index is 2.57. The number of nitrogens with one attached hydrogen (secondary N) is 1. The van der Waals surface area contributed by atoms with Crippen molar-refractivity contribution in [2.24, 2.45) is 0 Å². The zero-order chi connectivity index (χ0) is 12.5. The van der Waals surface area contributed by atoms with Gasteiger partial charge in [0.1, 0.15) is 5.03 Å². The van der Waals surface area contributed by atoms with Crippen LogP contribution in [0.3, 0.4) is 0 Å². The zero-order valence-electron chi connectivity index (χ0n) is 9.90. The molecular formula is C13H15NO2S. The van der Waals surface area contributed by atoms with Crippen LogP contribution >= 0.6 is 0 Å². The lowest BCUT2D eigenvalue weighted by molar-refractivity contribution is 0.592. The highest BCUT2D eigenvalue weighted by Gasteiger charge is 2.22. The van der Waals surface area contributed by atoms with Crippen molar-refractivity contribution >= 4 is 9.84 Å². The van der Waals surface area contributed by atoms with Crippen molar-refractivity contribution in [1.82, 2.24) is 4.98 Å². The summed E-state index contributed by atoms with van der Waals surface area (Å²) in [5, 5.41) is 0.306. The molecule has 1 aromatic carbocycles. The average molecular weight is 249 g/mol. The molecule has 0 saturated carbocycles. The molecule has 0 fully saturated rings. The fourth-order valence-corrected chi connectivity index (χ4v) is 3.38. The lowest BCUT2D eigenvalue weighted by atomic mass is 10.2. The largest absolute Gasteiger partial charge is 0.352 e. The second-order valence-corrected chi connectivity index (χ2v) is 5.82. The van der Waals surface area contributed by atoms with Crippen LogP contribution in [0.1, 0.15) is 18.1 Å². The third kappa shape index (κ3) is 2.00. The van der Waals surface area contributed by atoms with Crippen LogP contribution < -0.4 is 0 Å². The molecule has 0 spiro atoms. The van der Waals surface area contributed by atoms with Gasteiger partial charge in [-0.05, 0) is 36.6 Å². The van der Waals surface area contributed by atoms with Crippen LogP contribution in [-0.4, -0.2) is 13.4 Å². The Morgan fingerprint density at radius 2 is 1.82 bits per heavy atom. The first-order valence-corrected chi connectivity index (χ1v) is 7.02. The summed E-state index contributed by atoms with van der Waals surface area (Å²) in [5.74, 6) is 0. The highest BCUT2D eigenvalue weighted by atomic mass is 32.2. The molecule has 0 saturated heterocycles. The third-order valence-electron chi connectivity index (χ3n) is 2.90. The van der Waals surface area contributed by atoms with Gasteiger partial charge in [-0.25, -0.2) is 8.42 Å². The molecule has 0 aliphatic carbocycles. The monoisotopic (exact) mass is 249 g/mol. The van der Waals surface area contributed by atoms with E-state index in [1.807, 2.05) is 13.8 Å². The van der Waals surface area contributed by atoms with Crippen LogP contribution in [-0.2, 0) is 16.3 Å². The van der Waals surface area contributed by atoms with E-state index in [1.54, 1.807) is 36.5 Å². The lowest BCUT2D eigenvalue weighted by Crippen LogP contribution is -2.04. The maximum absolute atomic E-state index is 12.4. The van der Waals surface area contributed by atoms with Crippen LogP contribution in [0.2, 0.25) is 0 Å². The smallest absolute Gasteiger partial charge is 0.222 e. The van der Waals surface area contributed by atoms with Gasteiger partial charge in [-0.1, -0.05) is 25.1 Å². The van der Waals surface area contributed by atoms with E-state index in [9.17, 15) is 8.42 Å². The SMILES string of the molecule is CCc1c[nH]c(S(=O)(=O)c2ccccc2)c1C. The molecule has 17 heavy (non-hydrogen) atoms. The summed E-state index contributed by atoms with van der Waals surface area (Å²) in [6, 6.07) is 8.48. The highest BCUT2D eigenvalue weighted by Crippen LogP contribution is 2.24. The number of hydrogen-bond acceptors (Lipinski definition) is 2. The van der Waals surface area contributed by atoms with E-state index in [0.717, 1.165) is 17.5 Å². The van der Waals surface area contributed by atoms with Gasteiger partial charge in [0.2, 0.25) is 9.84 Å². The number of hydrogen-bond donors (Lipinski definition) is 1. The molecule has 0 aliphatic rings. The molecule has 1 aromatic heterocycles. The Kier molecular flexibility index (Phi) is 3.07. The van der Waals surface area contributed by atoms with Gasteiger partial charge in [0.25, 0.3) is 0 Å². The van der Waals surface area contributed by atoms with Gasteiger partial charge in [-0.3, -0.25) is 0 Å². The van der Waals surface area contributed by atoms with Gasteiger partial charge >= 0.3 is 0 Å². The summed E-state index contributed by atoms with van der Waals surface area (Å²) >= 11 is 0.